The largest absolute Gasteiger partial charge is 0.495 e. The molecule has 0 bridgehead atoms. The van der Waals surface area contributed by atoms with Gasteiger partial charge in [0, 0.05) is 6.42 Å². The molecule has 19 heavy (non-hydrogen) atoms. The van der Waals surface area contributed by atoms with Gasteiger partial charge in [-0.1, -0.05) is 6.92 Å². The minimum atomic E-state index is 0.795. The fourth-order valence-electron chi connectivity index (χ4n) is 1.84. The van der Waals surface area contributed by atoms with E-state index in [1.54, 1.807) is 24.6 Å². The molecule has 4 nitrogen and oxygen atoms in total. The molecule has 0 unspecified atom stereocenters. The molecule has 0 aromatic carbocycles. The lowest BCUT2D eigenvalue weighted by Crippen LogP contribution is -2.16. The molecule has 2 rings (SSSR count). The molecular formula is C14H20N2O2S. The Bertz CT molecular complexity index is 493. The van der Waals surface area contributed by atoms with E-state index in [0.717, 1.165) is 48.2 Å². The second kappa shape index (κ2) is 7.31. The summed E-state index contributed by atoms with van der Waals surface area (Å²) in [6.07, 6.45) is 4.86. The van der Waals surface area contributed by atoms with Gasteiger partial charge in [0.1, 0.15) is 10.6 Å². The first kappa shape index (κ1) is 14.1. The molecule has 0 saturated heterocycles. The van der Waals surface area contributed by atoms with E-state index in [2.05, 4.69) is 17.2 Å². The normalized spacial score (nSPS) is 10.8. The van der Waals surface area contributed by atoms with Gasteiger partial charge in [-0.05, 0) is 37.4 Å². The first-order valence-electron chi connectivity index (χ1n) is 6.62. The lowest BCUT2D eigenvalue weighted by molar-refractivity contribution is 0.415. The Morgan fingerprint density at radius 1 is 1.42 bits per heavy atom. The van der Waals surface area contributed by atoms with E-state index in [1.807, 2.05) is 11.4 Å². The van der Waals surface area contributed by atoms with Crippen molar-refractivity contribution in [2.45, 2.75) is 26.2 Å². The zero-order valence-electron chi connectivity index (χ0n) is 11.4. The van der Waals surface area contributed by atoms with Crippen molar-refractivity contribution in [3.05, 3.63) is 23.5 Å². The Kier molecular flexibility index (Phi) is 5.42. The van der Waals surface area contributed by atoms with Gasteiger partial charge in [-0.15, -0.1) is 11.3 Å². The maximum absolute atomic E-state index is 5.77. The second-order valence-corrected chi connectivity index (χ2v) is 5.21. The first-order valence-corrected chi connectivity index (χ1v) is 7.50. The van der Waals surface area contributed by atoms with Gasteiger partial charge in [0.25, 0.3) is 0 Å². The number of oxazole rings is 1. The Labute approximate surface area is 117 Å². The van der Waals surface area contributed by atoms with Crippen LogP contribution in [0.15, 0.2) is 22.1 Å². The van der Waals surface area contributed by atoms with Crippen molar-refractivity contribution in [3.8, 4) is 16.4 Å². The van der Waals surface area contributed by atoms with Gasteiger partial charge in [0.2, 0.25) is 0 Å². The molecule has 0 spiro atoms. The van der Waals surface area contributed by atoms with E-state index in [1.165, 1.54) is 6.42 Å². The van der Waals surface area contributed by atoms with E-state index in [4.69, 9.17) is 9.15 Å². The highest BCUT2D eigenvalue weighted by molar-refractivity contribution is 7.13. The Morgan fingerprint density at radius 2 is 2.32 bits per heavy atom. The average molecular weight is 280 g/mol. The standard InChI is InChI=1S/C14H20N2O2S/c1-3-7-15-8-4-5-13-16-10-12(18-13)14-11(17-2)6-9-19-14/h6,9-10,15H,3-5,7-8H2,1-2H3. The third kappa shape index (κ3) is 3.81. The summed E-state index contributed by atoms with van der Waals surface area (Å²) >= 11 is 1.60. The van der Waals surface area contributed by atoms with Crippen molar-refractivity contribution in [2.24, 2.45) is 0 Å². The molecule has 0 aliphatic rings. The second-order valence-electron chi connectivity index (χ2n) is 4.29. The molecular weight excluding hydrogens is 260 g/mol. The van der Waals surface area contributed by atoms with Crippen LogP contribution in [-0.2, 0) is 6.42 Å². The summed E-state index contributed by atoms with van der Waals surface area (Å²) in [6, 6.07) is 1.94. The molecule has 0 aliphatic carbocycles. The molecule has 0 radical (unpaired) electrons. The monoisotopic (exact) mass is 280 g/mol. The predicted octanol–water partition coefficient (Wildman–Crippen LogP) is 3.34. The van der Waals surface area contributed by atoms with Gasteiger partial charge in [-0.3, -0.25) is 0 Å². The third-order valence-electron chi connectivity index (χ3n) is 2.80. The number of rotatable bonds is 8. The molecule has 0 fully saturated rings. The SMILES string of the molecule is CCCNCCCc1ncc(-c2sccc2OC)o1. The van der Waals surface area contributed by atoms with Crippen LogP contribution >= 0.6 is 11.3 Å². The van der Waals surface area contributed by atoms with Crippen LogP contribution < -0.4 is 10.1 Å². The van der Waals surface area contributed by atoms with E-state index < -0.39 is 0 Å². The van der Waals surface area contributed by atoms with E-state index in [-0.39, 0.29) is 0 Å². The molecule has 0 saturated carbocycles. The van der Waals surface area contributed by atoms with Crippen LogP contribution in [0.3, 0.4) is 0 Å². The Hall–Kier alpha value is -1.33. The quantitative estimate of drug-likeness (QED) is 0.753. The molecule has 0 aliphatic heterocycles. The zero-order chi connectivity index (χ0) is 13.5. The number of hydrogen-bond acceptors (Lipinski definition) is 5. The summed E-state index contributed by atoms with van der Waals surface area (Å²) in [6.45, 7) is 4.25. The molecule has 2 heterocycles. The Morgan fingerprint density at radius 3 is 3.11 bits per heavy atom. The summed E-state index contributed by atoms with van der Waals surface area (Å²) in [4.78, 5) is 5.33. The van der Waals surface area contributed by atoms with Crippen molar-refractivity contribution in [1.29, 1.82) is 0 Å². The van der Waals surface area contributed by atoms with Crippen molar-refractivity contribution >= 4 is 11.3 Å². The van der Waals surface area contributed by atoms with Crippen LogP contribution in [0.1, 0.15) is 25.7 Å². The van der Waals surface area contributed by atoms with Crippen molar-refractivity contribution in [2.75, 3.05) is 20.2 Å². The van der Waals surface area contributed by atoms with Gasteiger partial charge in [0.05, 0.1) is 13.3 Å². The summed E-state index contributed by atoms with van der Waals surface area (Å²) in [7, 11) is 1.67. The van der Waals surface area contributed by atoms with Gasteiger partial charge < -0.3 is 14.5 Å². The number of aromatic nitrogens is 1. The Balaban J connectivity index is 1.88. The van der Waals surface area contributed by atoms with Crippen LogP contribution in [0.4, 0.5) is 0 Å². The van der Waals surface area contributed by atoms with E-state index >= 15 is 0 Å². The number of methoxy groups -OCH3 is 1. The van der Waals surface area contributed by atoms with Crippen LogP contribution in [0.2, 0.25) is 0 Å². The summed E-state index contributed by atoms with van der Waals surface area (Å²) in [5.74, 6) is 2.43. The van der Waals surface area contributed by atoms with Gasteiger partial charge in [-0.2, -0.15) is 0 Å². The predicted molar refractivity (Wildman–Crippen MR) is 77.8 cm³/mol. The smallest absolute Gasteiger partial charge is 0.194 e. The number of hydrogen-bond donors (Lipinski definition) is 1. The van der Waals surface area contributed by atoms with Crippen LogP contribution in [0.25, 0.3) is 10.6 Å². The van der Waals surface area contributed by atoms with Crippen molar-refractivity contribution in [3.63, 3.8) is 0 Å². The molecule has 2 aromatic heterocycles. The van der Waals surface area contributed by atoms with Gasteiger partial charge in [0.15, 0.2) is 11.7 Å². The van der Waals surface area contributed by atoms with E-state index in [9.17, 15) is 0 Å². The molecule has 0 amide bonds. The summed E-state index contributed by atoms with van der Waals surface area (Å²) < 4.78 is 11.1. The molecule has 1 N–H and O–H groups in total. The van der Waals surface area contributed by atoms with Crippen molar-refractivity contribution < 1.29 is 9.15 Å². The molecule has 104 valence electrons. The van der Waals surface area contributed by atoms with Crippen LogP contribution in [0, 0.1) is 0 Å². The highest BCUT2D eigenvalue weighted by Gasteiger charge is 2.12. The van der Waals surface area contributed by atoms with E-state index in [0.29, 0.717) is 0 Å². The number of thiophene rings is 1. The average Bonchev–Trinajstić information content (AvgIpc) is 3.06. The highest BCUT2D eigenvalue weighted by Crippen LogP contribution is 2.35. The highest BCUT2D eigenvalue weighted by atomic mass is 32.1. The topological polar surface area (TPSA) is 47.3 Å². The number of nitrogens with one attached hydrogen (secondary N) is 1. The third-order valence-corrected chi connectivity index (χ3v) is 3.71. The van der Waals surface area contributed by atoms with Gasteiger partial charge >= 0.3 is 0 Å². The molecule has 0 atom stereocenters. The minimum absolute atomic E-state index is 0.795. The summed E-state index contributed by atoms with van der Waals surface area (Å²) in [5, 5.41) is 5.36. The maximum Gasteiger partial charge on any atom is 0.194 e. The fraction of sp³-hybridized carbons (Fsp3) is 0.500. The fourth-order valence-corrected chi connectivity index (χ4v) is 2.64. The lowest BCUT2D eigenvalue weighted by atomic mass is 10.3. The lowest BCUT2D eigenvalue weighted by Gasteiger charge is -2.00. The zero-order valence-corrected chi connectivity index (χ0v) is 12.3. The number of aryl methyl sites for hydroxylation is 1. The van der Waals surface area contributed by atoms with Crippen LogP contribution in [-0.4, -0.2) is 25.2 Å². The van der Waals surface area contributed by atoms with Crippen LogP contribution in [0.5, 0.6) is 5.75 Å². The summed E-state index contributed by atoms with van der Waals surface area (Å²) in [5.41, 5.74) is 0. The number of ether oxygens (including phenoxy) is 1. The molecule has 5 heteroatoms. The van der Waals surface area contributed by atoms with Crippen molar-refractivity contribution in [1.82, 2.24) is 10.3 Å². The van der Waals surface area contributed by atoms with Gasteiger partial charge in [-0.25, -0.2) is 4.98 Å². The first-order chi connectivity index (χ1) is 9.35. The minimum Gasteiger partial charge on any atom is -0.495 e. The number of nitrogens with zero attached hydrogens (tertiary/aromatic N) is 1. The maximum atomic E-state index is 5.77. The molecule has 2 aromatic rings.